The number of alkyl halides is 3. The van der Waals surface area contributed by atoms with Gasteiger partial charge in [-0.3, -0.25) is 0 Å². The molecule has 0 radical (unpaired) electrons. The fourth-order valence-electron chi connectivity index (χ4n) is 0.724. The highest BCUT2D eigenvalue weighted by Crippen LogP contribution is 2.41. The van der Waals surface area contributed by atoms with Crippen LogP contribution in [0.5, 0.6) is 0 Å². The molecule has 0 heterocycles. The fourth-order valence-corrected chi connectivity index (χ4v) is 1.32. The third-order valence-corrected chi connectivity index (χ3v) is 2.50. The summed E-state index contributed by atoms with van der Waals surface area (Å²) in [5.41, 5.74) is -0.588. The Morgan fingerprint density at radius 3 is 2.06 bits per heavy atom. The maximum atomic E-state index is 11.4. The molecule has 0 aromatic rings. The highest BCUT2D eigenvalue weighted by Gasteiger charge is 2.35. The summed E-state index contributed by atoms with van der Waals surface area (Å²) >= 11 is 8.91. The Kier molecular flexibility index (Phi) is 6.57. The molecule has 0 saturated heterocycles. The Hall–Kier alpha value is -0.0800. The van der Waals surface area contributed by atoms with Gasteiger partial charge in [-0.05, 0) is 6.92 Å². The summed E-state index contributed by atoms with van der Waals surface area (Å²) in [6.07, 6.45) is 0. The molecule has 5 nitrogen and oxygen atoms in total. The van der Waals surface area contributed by atoms with Gasteiger partial charge in [0.15, 0.2) is 13.5 Å². The SMILES string of the molecule is CCOC(=O)/C(C(=O)OC)=C(/O)C(Br)(Br)Br. The predicted molar refractivity (Wildman–Crippen MR) is 67.8 cm³/mol. The average molecular weight is 425 g/mol. The first-order valence-electron chi connectivity index (χ1n) is 4.01. The van der Waals surface area contributed by atoms with Crippen molar-refractivity contribution in [1.82, 2.24) is 0 Å². The summed E-state index contributed by atoms with van der Waals surface area (Å²) in [5.74, 6) is -2.54. The molecule has 0 bridgehead atoms. The maximum Gasteiger partial charge on any atom is 0.349 e. The largest absolute Gasteiger partial charge is 0.508 e. The summed E-state index contributed by atoms with van der Waals surface area (Å²) in [4.78, 5) is 22.7. The van der Waals surface area contributed by atoms with E-state index < -0.39 is 25.4 Å². The first-order valence-corrected chi connectivity index (χ1v) is 6.39. The number of allylic oxidation sites excluding steroid dienone is 1. The second kappa shape index (κ2) is 6.61. The van der Waals surface area contributed by atoms with E-state index in [0.717, 1.165) is 7.11 Å². The van der Waals surface area contributed by atoms with Gasteiger partial charge in [0.25, 0.3) is 0 Å². The molecule has 0 spiro atoms. The third kappa shape index (κ3) is 4.42. The van der Waals surface area contributed by atoms with E-state index in [-0.39, 0.29) is 6.61 Å². The highest BCUT2D eigenvalue weighted by molar-refractivity contribution is 9.39. The van der Waals surface area contributed by atoms with E-state index in [1.807, 2.05) is 0 Å². The Morgan fingerprint density at radius 2 is 1.75 bits per heavy atom. The van der Waals surface area contributed by atoms with Crippen LogP contribution in [0.15, 0.2) is 11.3 Å². The second-order valence-corrected chi connectivity index (χ2v) is 9.19. The van der Waals surface area contributed by atoms with Crippen LogP contribution in [-0.4, -0.2) is 32.9 Å². The van der Waals surface area contributed by atoms with Gasteiger partial charge in [-0.15, -0.1) is 0 Å². The van der Waals surface area contributed by atoms with Gasteiger partial charge in [0.2, 0.25) is 0 Å². The van der Waals surface area contributed by atoms with E-state index in [0.29, 0.717) is 0 Å². The van der Waals surface area contributed by atoms with Crippen LogP contribution in [0.3, 0.4) is 0 Å². The zero-order valence-corrected chi connectivity index (χ0v) is 13.2. The summed E-state index contributed by atoms with van der Waals surface area (Å²) in [5, 5.41) is 9.68. The smallest absolute Gasteiger partial charge is 0.349 e. The first-order chi connectivity index (χ1) is 7.25. The van der Waals surface area contributed by atoms with Crippen molar-refractivity contribution in [3.05, 3.63) is 11.3 Å². The molecular formula is C8H9Br3O5. The van der Waals surface area contributed by atoms with Crippen molar-refractivity contribution in [3.8, 4) is 0 Å². The molecule has 1 N–H and O–H groups in total. The summed E-state index contributed by atoms with van der Waals surface area (Å²) < 4.78 is 7.71. The van der Waals surface area contributed by atoms with Crippen molar-refractivity contribution in [2.45, 2.75) is 9.07 Å². The van der Waals surface area contributed by atoms with Crippen molar-refractivity contribution >= 4 is 59.7 Å². The number of methoxy groups -OCH3 is 1. The molecule has 0 aromatic carbocycles. The normalized spacial score (nSPS) is 12.8. The van der Waals surface area contributed by atoms with Crippen LogP contribution in [0.2, 0.25) is 0 Å². The van der Waals surface area contributed by atoms with E-state index >= 15 is 0 Å². The lowest BCUT2D eigenvalue weighted by Crippen LogP contribution is -2.23. The van der Waals surface area contributed by atoms with Gasteiger partial charge in [0.05, 0.1) is 13.7 Å². The predicted octanol–water partition coefficient (Wildman–Crippen LogP) is 2.37. The number of hydrogen-bond donors (Lipinski definition) is 1. The molecule has 0 atom stereocenters. The molecule has 92 valence electrons. The van der Waals surface area contributed by atoms with E-state index in [1.165, 1.54) is 0 Å². The van der Waals surface area contributed by atoms with Crippen molar-refractivity contribution in [2.24, 2.45) is 0 Å². The van der Waals surface area contributed by atoms with Gasteiger partial charge in [-0.25, -0.2) is 9.59 Å². The Morgan fingerprint density at radius 1 is 1.25 bits per heavy atom. The number of rotatable bonds is 3. The number of hydrogen-bond acceptors (Lipinski definition) is 5. The number of carbonyl (C=O) groups is 2. The fraction of sp³-hybridized carbons (Fsp3) is 0.500. The minimum Gasteiger partial charge on any atom is -0.508 e. The molecule has 0 aromatic heterocycles. The van der Waals surface area contributed by atoms with E-state index in [4.69, 9.17) is 0 Å². The van der Waals surface area contributed by atoms with E-state index in [9.17, 15) is 14.7 Å². The summed E-state index contributed by atoms with van der Waals surface area (Å²) in [6.45, 7) is 1.65. The Balaban J connectivity index is 5.41. The Labute approximate surface area is 118 Å². The molecular weight excluding hydrogens is 416 g/mol. The molecule has 0 aliphatic carbocycles. The highest BCUT2D eigenvalue weighted by atomic mass is 80.0. The van der Waals surface area contributed by atoms with Gasteiger partial charge < -0.3 is 14.6 Å². The van der Waals surface area contributed by atoms with Gasteiger partial charge >= 0.3 is 11.9 Å². The topological polar surface area (TPSA) is 72.8 Å². The van der Waals surface area contributed by atoms with Gasteiger partial charge in [-0.1, -0.05) is 47.8 Å². The molecule has 0 fully saturated rings. The summed E-state index contributed by atoms with van der Waals surface area (Å²) in [7, 11) is 1.09. The van der Waals surface area contributed by atoms with E-state index in [1.54, 1.807) is 6.92 Å². The third-order valence-electron chi connectivity index (χ3n) is 1.37. The molecule has 0 aliphatic heterocycles. The standard InChI is InChI=1S/C8H9Br3O5/c1-3-16-7(14)4(6(13)15-2)5(12)8(9,10)11/h12H,3H2,1-2H3/b5-4+. The van der Waals surface area contributed by atoms with Crippen molar-refractivity contribution in [1.29, 1.82) is 0 Å². The van der Waals surface area contributed by atoms with Gasteiger partial charge in [0, 0.05) is 0 Å². The zero-order chi connectivity index (χ0) is 12.9. The lowest BCUT2D eigenvalue weighted by Gasteiger charge is -2.14. The maximum absolute atomic E-state index is 11.4. The van der Waals surface area contributed by atoms with Crippen LogP contribution in [0, 0.1) is 0 Å². The molecule has 0 aliphatic rings. The second-order valence-electron chi connectivity index (χ2n) is 2.43. The number of ether oxygens (including phenoxy) is 2. The number of aliphatic hydroxyl groups is 1. The van der Waals surface area contributed by atoms with E-state index in [2.05, 4.69) is 57.3 Å². The molecule has 0 saturated carbocycles. The van der Waals surface area contributed by atoms with Crippen molar-refractivity contribution in [3.63, 3.8) is 0 Å². The van der Waals surface area contributed by atoms with Crippen LogP contribution in [0.25, 0.3) is 0 Å². The number of aliphatic hydroxyl groups excluding tert-OH is 1. The Bertz CT molecular complexity index is 318. The average Bonchev–Trinajstić information content (AvgIpc) is 2.16. The van der Waals surface area contributed by atoms with Gasteiger partial charge in [0.1, 0.15) is 0 Å². The quantitative estimate of drug-likeness (QED) is 0.188. The number of halogens is 3. The molecule has 0 rings (SSSR count). The molecule has 0 amide bonds. The molecule has 16 heavy (non-hydrogen) atoms. The van der Waals surface area contributed by atoms with Crippen LogP contribution in [-0.2, 0) is 19.1 Å². The van der Waals surface area contributed by atoms with Crippen molar-refractivity contribution < 1.29 is 24.2 Å². The zero-order valence-electron chi connectivity index (χ0n) is 8.42. The first kappa shape index (κ1) is 15.9. The lowest BCUT2D eigenvalue weighted by molar-refractivity contribution is -0.145. The monoisotopic (exact) mass is 422 g/mol. The minimum atomic E-state index is -1.29. The van der Waals surface area contributed by atoms with Crippen LogP contribution in [0.4, 0.5) is 0 Å². The summed E-state index contributed by atoms with van der Waals surface area (Å²) in [6, 6.07) is 0. The van der Waals surface area contributed by atoms with Gasteiger partial charge in [-0.2, -0.15) is 0 Å². The number of carbonyl (C=O) groups excluding carboxylic acids is 2. The lowest BCUT2D eigenvalue weighted by atomic mass is 10.2. The molecule has 0 unspecified atom stereocenters. The van der Waals surface area contributed by atoms with Crippen LogP contribution < -0.4 is 0 Å². The number of esters is 2. The minimum absolute atomic E-state index is 0.0759. The molecule has 8 heteroatoms. The van der Waals surface area contributed by atoms with Crippen molar-refractivity contribution in [2.75, 3.05) is 13.7 Å². The van der Waals surface area contributed by atoms with Crippen LogP contribution >= 0.6 is 47.8 Å². The van der Waals surface area contributed by atoms with Crippen LogP contribution in [0.1, 0.15) is 6.92 Å².